The van der Waals surface area contributed by atoms with Crippen LogP contribution in [0.25, 0.3) is 0 Å². The minimum atomic E-state index is -1.62. The third kappa shape index (κ3) is 3.34. The van der Waals surface area contributed by atoms with E-state index in [9.17, 15) is 15.0 Å². The summed E-state index contributed by atoms with van der Waals surface area (Å²) < 4.78 is 11.2. The third-order valence-corrected chi connectivity index (χ3v) is 4.53. The molecule has 2 N–H and O–H groups in total. The minimum Gasteiger partial charge on any atom is -0.493 e. The monoisotopic (exact) mass is 321 g/mol. The van der Waals surface area contributed by atoms with Crippen molar-refractivity contribution in [3.05, 3.63) is 29.3 Å². The molecule has 1 aromatic rings. The van der Waals surface area contributed by atoms with Crippen molar-refractivity contribution in [2.45, 2.75) is 44.6 Å². The molecule has 2 bridgehead atoms. The number of carbonyl (C=O) groups excluding carboxylic acids is 1. The number of aliphatic hydroxyl groups is 2. The van der Waals surface area contributed by atoms with Crippen molar-refractivity contribution >= 4 is 5.91 Å². The number of amides is 1. The Morgan fingerprint density at radius 1 is 1.43 bits per heavy atom. The minimum absolute atomic E-state index is 0.0508. The van der Waals surface area contributed by atoms with Gasteiger partial charge in [0.25, 0.3) is 5.91 Å². The number of ether oxygens (including phenoxy) is 2. The van der Waals surface area contributed by atoms with Gasteiger partial charge in [0.1, 0.15) is 5.75 Å². The Bertz CT molecular complexity index is 570. The molecule has 1 aromatic carbocycles. The molecule has 3 fully saturated rings. The number of carbonyl (C=O) groups is 1. The van der Waals surface area contributed by atoms with Gasteiger partial charge in [-0.1, -0.05) is 0 Å². The molecule has 3 saturated heterocycles. The lowest BCUT2D eigenvalue weighted by Gasteiger charge is -2.36. The van der Waals surface area contributed by atoms with E-state index in [-0.39, 0.29) is 23.6 Å². The Morgan fingerprint density at radius 2 is 2.26 bits per heavy atom. The smallest absolute Gasteiger partial charge is 0.254 e. The van der Waals surface area contributed by atoms with Gasteiger partial charge in [-0.05, 0) is 44.4 Å². The number of benzene rings is 1. The standard InChI is InChI=1S/C17H23NO5/c1-2-22-15-8-11(6-7-14(15)17(20)21)16(19)18-9-13-5-3-4-12(18)10-23-13/h6-8,12-13,17,20-21H,2-5,9-10H2,1H3. The van der Waals surface area contributed by atoms with Gasteiger partial charge in [-0.15, -0.1) is 0 Å². The summed E-state index contributed by atoms with van der Waals surface area (Å²) in [6.45, 7) is 3.42. The molecule has 6 nitrogen and oxygen atoms in total. The molecule has 0 aliphatic carbocycles. The molecule has 0 saturated carbocycles. The molecule has 0 spiro atoms. The second kappa shape index (κ2) is 6.86. The fourth-order valence-electron chi connectivity index (χ4n) is 3.33. The quantitative estimate of drug-likeness (QED) is 0.821. The van der Waals surface area contributed by atoms with E-state index in [0.29, 0.717) is 31.1 Å². The number of fused-ring (bicyclic) bond motifs is 4. The highest BCUT2D eigenvalue weighted by atomic mass is 16.5. The first-order valence-electron chi connectivity index (χ1n) is 8.15. The Hall–Kier alpha value is -1.63. The van der Waals surface area contributed by atoms with Crippen LogP contribution in [0.15, 0.2) is 18.2 Å². The fourth-order valence-corrected chi connectivity index (χ4v) is 3.33. The molecule has 23 heavy (non-hydrogen) atoms. The number of hydrogen-bond acceptors (Lipinski definition) is 5. The van der Waals surface area contributed by atoms with Crippen LogP contribution in [-0.4, -0.2) is 52.9 Å². The van der Waals surface area contributed by atoms with Gasteiger partial charge in [0, 0.05) is 17.7 Å². The zero-order chi connectivity index (χ0) is 16.4. The van der Waals surface area contributed by atoms with Crippen molar-refractivity contribution in [3.63, 3.8) is 0 Å². The maximum absolute atomic E-state index is 12.9. The van der Waals surface area contributed by atoms with E-state index in [2.05, 4.69) is 0 Å². The highest BCUT2D eigenvalue weighted by molar-refractivity contribution is 5.95. The molecule has 126 valence electrons. The van der Waals surface area contributed by atoms with E-state index in [1.807, 2.05) is 11.8 Å². The lowest BCUT2D eigenvalue weighted by atomic mass is 10.1. The number of nitrogens with zero attached hydrogens (tertiary/aromatic N) is 1. The van der Waals surface area contributed by atoms with E-state index < -0.39 is 6.29 Å². The lowest BCUT2D eigenvalue weighted by molar-refractivity contribution is -0.0442. The first-order chi connectivity index (χ1) is 11.1. The van der Waals surface area contributed by atoms with Crippen molar-refractivity contribution < 1.29 is 24.5 Å². The predicted molar refractivity (Wildman–Crippen MR) is 83.2 cm³/mol. The molecular weight excluding hydrogens is 298 g/mol. The Kier molecular flexibility index (Phi) is 4.84. The summed E-state index contributed by atoms with van der Waals surface area (Å²) in [5.74, 6) is 0.287. The highest BCUT2D eigenvalue weighted by Gasteiger charge is 2.35. The summed E-state index contributed by atoms with van der Waals surface area (Å²) in [7, 11) is 0. The molecule has 3 aliphatic heterocycles. The van der Waals surface area contributed by atoms with Crippen molar-refractivity contribution in [2.24, 2.45) is 0 Å². The van der Waals surface area contributed by atoms with Gasteiger partial charge in [0.2, 0.25) is 0 Å². The summed E-state index contributed by atoms with van der Waals surface area (Å²) in [6, 6.07) is 4.88. The molecular formula is C17H23NO5. The second-order valence-electron chi connectivity index (χ2n) is 6.06. The van der Waals surface area contributed by atoms with Crippen LogP contribution in [0.5, 0.6) is 5.75 Å². The van der Waals surface area contributed by atoms with Crippen molar-refractivity contribution in [1.29, 1.82) is 0 Å². The molecule has 2 atom stereocenters. The van der Waals surface area contributed by atoms with E-state index in [1.54, 1.807) is 12.1 Å². The summed E-state index contributed by atoms with van der Waals surface area (Å²) in [5, 5.41) is 18.8. The fraction of sp³-hybridized carbons (Fsp3) is 0.588. The Morgan fingerprint density at radius 3 is 3.00 bits per heavy atom. The number of morpholine rings is 1. The van der Waals surface area contributed by atoms with Gasteiger partial charge in [-0.3, -0.25) is 4.79 Å². The van der Waals surface area contributed by atoms with Crippen molar-refractivity contribution in [2.75, 3.05) is 19.8 Å². The second-order valence-corrected chi connectivity index (χ2v) is 6.06. The molecule has 6 heteroatoms. The molecule has 0 radical (unpaired) electrons. The van der Waals surface area contributed by atoms with Crippen LogP contribution in [0.3, 0.4) is 0 Å². The van der Waals surface area contributed by atoms with Crippen molar-refractivity contribution in [1.82, 2.24) is 4.90 Å². The van der Waals surface area contributed by atoms with E-state index >= 15 is 0 Å². The Labute approximate surface area is 135 Å². The number of aliphatic hydroxyl groups excluding tert-OH is 1. The number of hydrogen-bond donors (Lipinski definition) is 2. The summed E-state index contributed by atoms with van der Waals surface area (Å²) in [5.41, 5.74) is 0.773. The zero-order valence-corrected chi connectivity index (χ0v) is 13.3. The van der Waals surface area contributed by atoms with Crippen LogP contribution in [-0.2, 0) is 4.74 Å². The molecule has 2 unspecified atom stereocenters. The molecule has 4 rings (SSSR count). The SMILES string of the molecule is CCOc1cc(C(=O)N2CC3CCCC2CO3)ccc1C(O)O. The summed E-state index contributed by atoms with van der Waals surface area (Å²) in [6.07, 6.45) is 1.55. The van der Waals surface area contributed by atoms with Gasteiger partial charge in [0.05, 0.1) is 25.4 Å². The van der Waals surface area contributed by atoms with Crippen LogP contribution in [0.1, 0.15) is 48.4 Å². The van der Waals surface area contributed by atoms with Crippen LogP contribution in [0, 0.1) is 0 Å². The van der Waals surface area contributed by atoms with Gasteiger partial charge < -0.3 is 24.6 Å². The average molecular weight is 321 g/mol. The largest absolute Gasteiger partial charge is 0.493 e. The maximum Gasteiger partial charge on any atom is 0.254 e. The van der Waals surface area contributed by atoms with Gasteiger partial charge in [0.15, 0.2) is 6.29 Å². The highest BCUT2D eigenvalue weighted by Crippen LogP contribution is 2.29. The molecule has 3 heterocycles. The third-order valence-electron chi connectivity index (χ3n) is 4.53. The van der Waals surface area contributed by atoms with Crippen LogP contribution in [0.4, 0.5) is 0 Å². The van der Waals surface area contributed by atoms with Gasteiger partial charge in [-0.25, -0.2) is 0 Å². The number of rotatable bonds is 4. The summed E-state index contributed by atoms with van der Waals surface area (Å²) >= 11 is 0. The molecule has 0 aromatic heterocycles. The first kappa shape index (κ1) is 16.2. The molecule has 1 amide bonds. The summed E-state index contributed by atoms with van der Waals surface area (Å²) in [4.78, 5) is 14.8. The topological polar surface area (TPSA) is 79.2 Å². The lowest BCUT2D eigenvalue weighted by Crippen LogP contribution is -2.50. The van der Waals surface area contributed by atoms with Gasteiger partial charge >= 0.3 is 0 Å². The molecule has 3 aliphatic rings. The van der Waals surface area contributed by atoms with Crippen LogP contribution >= 0.6 is 0 Å². The van der Waals surface area contributed by atoms with E-state index in [1.165, 1.54) is 6.07 Å². The average Bonchev–Trinajstić information content (AvgIpc) is 2.89. The predicted octanol–water partition coefficient (Wildman–Crippen LogP) is 1.46. The zero-order valence-electron chi connectivity index (χ0n) is 13.3. The van der Waals surface area contributed by atoms with E-state index in [4.69, 9.17) is 9.47 Å². The first-order valence-corrected chi connectivity index (χ1v) is 8.15. The van der Waals surface area contributed by atoms with Gasteiger partial charge in [-0.2, -0.15) is 0 Å². The van der Waals surface area contributed by atoms with Crippen LogP contribution < -0.4 is 4.74 Å². The van der Waals surface area contributed by atoms with Crippen LogP contribution in [0.2, 0.25) is 0 Å². The maximum atomic E-state index is 12.9. The van der Waals surface area contributed by atoms with Crippen molar-refractivity contribution in [3.8, 4) is 5.75 Å². The van der Waals surface area contributed by atoms with E-state index in [0.717, 1.165) is 19.3 Å². The normalized spacial score (nSPS) is 23.9. The Balaban J connectivity index is 1.85.